The predicted octanol–water partition coefficient (Wildman–Crippen LogP) is 5.32. The largest absolute Gasteiger partial charge is 0.479 e. The van der Waals surface area contributed by atoms with Crippen molar-refractivity contribution in [3.05, 3.63) is 56.5 Å². The van der Waals surface area contributed by atoms with Crippen LogP contribution in [-0.2, 0) is 4.79 Å². The second-order valence-electron chi connectivity index (χ2n) is 6.57. The fourth-order valence-electron chi connectivity index (χ4n) is 3.09. The van der Waals surface area contributed by atoms with Crippen molar-refractivity contribution in [1.29, 1.82) is 0 Å². The van der Waals surface area contributed by atoms with Gasteiger partial charge >= 0.3 is 0 Å². The number of carbonyl (C=O) groups excluding carboxylic acids is 1. The maximum Gasteiger partial charge on any atom is 0.263 e. The first kappa shape index (κ1) is 22.8. The summed E-state index contributed by atoms with van der Waals surface area (Å²) < 4.78 is 61.3. The van der Waals surface area contributed by atoms with E-state index in [9.17, 15) is 22.4 Å². The molecule has 1 fully saturated rings. The number of ether oxygens (including phenoxy) is 1. The van der Waals surface area contributed by atoms with Crippen LogP contribution in [0.3, 0.4) is 0 Å². The molecular weight excluding hydrogens is 471 g/mol. The molecule has 1 amide bonds. The number of rotatable bonds is 4. The van der Waals surface area contributed by atoms with Crippen LogP contribution in [-0.4, -0.2) is 43.1 Å². The molecule has 2 aromatic carbocycles. The SMILES string of the molecule is C[C@@H](Oc1ccc(Cl)cc1Cl)C(=O)N1CCN(c2c(F)c(F)c(Cl)c(F)c2F)CC1. The van der Waals surface area contributed by atoms with Crippen molar-refractivity contribution in [2.24, 2.45) is 0 Å². The number of nitrogens with zero attached hydrogens (tertiary/aromatic N) is 2. The first-order valence-electron chi connectivity index (χ1n) is 8.78. The molecule has 0 saturated carbocycles. The molecule has 2 aromatic rings. The minimum atomic E-state index is -1.66. The Morgan fingerprint density at radius 1 is 0.967 bits per heavy atom. The van der Waals surface area contributed by atoms with Crippen LogP contribution in [0.25, 0.3) is 0 Å². The molecule has 3 rings (SSSR count). The monoisotopic (exact) mass is 484 g/mol. The van der Waals surface area contributed by atoms with Crippen molar-refractivity contribution in [2.45, 2.75) is 13.0 Å². The number of hydrogen-bond acceptors (Lipinski definition) is 3. The van der Waals surface area contributed by atoms with E-state index in [1.54, 1.807) is 6.07 Å². The van der Waals surface area contributed by atoms with Gasteiger partial charge in [0.05, 0.1) is 5.02 Å². The minimum absolute atomic E-state index is 0.0471. The molecule has 0 aliphatic carbocycles. The third-order valence-electron chi connectivity index (χ3n) is 4.64. The summed E-state index contributed by atoms with van der Waals surface area (Å²) in [5.74, 6) is -6.58. The van der Waals surface area contributed by atoms with E-state index >= 15 is 0 Å². The van der Waals surface area contributed by atoms with Gasteiger partial charge in [0, 0.05) is 31.2 Å². The lowest BCUT2D eigenvalue weighted by molar-refractivity contribution is -0.138. The van der Waals surface area contributed by atoms with Gasteiger partial charge in [-0.2, -0.15) is 0 Å². The molecule has 11 heteroatoms. The molecule has 4 nitrogen and oxygen atoms in total. The molecule has 0 bridgehead atoms. The molecule has 1 aliphatic heterocycles. The van der Waals surface area contributed by atoms with Crippen molar-refractivity contribution in [3.8, 4) is 5.75 Å². The number of benzene rings is 2. The van der Waals surface area contributed by atoms with Crippen LogP contribution in [0, 0.1) is 23.3 Å². The lowest BCUT2D eigenvalue weighted by atomic mass is 10.2. The zero-order chi connectivity index (χ0) is 22.2. The number of halogens is 7. The summed E-state index contributed by atoms with van der Waals surface area (Å²) in [7, 11) is 0. The van der Waals surface area contributed by atoms with Crippen molar-refractivity contribution in [2.75, 3.05) is 31.1 Å². The molecule has 30 heavy (non-hydrogen) atoms. The first-order valence-corrected chi connectivity index (χ1v) is 9.92. The third-order valence-corrected chi connectivity index (χ3v) is 5.50. The van der Waals surface area contributed by atoms with E-state index in [-0.39, 0.29) is 42.9 Å². The average molecular weight is 486 g/mol. The minimum Gasteiger partial charge on any atom is -0.479 e. The summed E-state index contributed by atoms with van der Waals surface area (Å²) in [6, 6.07) is 4.57. The van der Waals surface area contributed by atoms with Crippen molar-refractivity contribution >= 4 is 46.4 Å². The Hall–Kier alpha value is -1.90. The number of anilines is 1. The summed E-state index contributed by atoms with van der Waals surface area (Å²) in [5.41, 5.74) is -0.848. The van der Waals surface area contributed by atoms with Gasteiger partial charge in [0.1, 0.15) is 16.5 Å². The second kappa shape index (κ2) is 9.08. The van der Waals surface area contributed by atoms with Crippen LogP contribution in [0.1, 0.15) is 6.92 Å². The Labute approximate surface area is 184 Å². The number of amides is 1. The highest BCUT2D eigenvalue weighted by atomic mass is 35.5. The van der Waals surface area contributed by atoms with E-state index in [1.165, 1.54) is 24.0 Å². The molecule has 0 unspecified atom stereocenters. The van der Waals surface area contributed by atoms with E-state index in [2.05, 4.69) is 0 Å². The topological polar surface area (TPSA) is 32.8 Å². The number of hydrogen-bond donors (Lipinski definition) is 0. The molecule has 1 heterocycles. The lowest BCUT2D eigenvalue weighted by Crippen LogP contribution is -2.52. The summed E-state index contributed by atoms with van der Waals surface area (Å²) in [6.07, 6.45) is -0.894. The van der Waals surface area contributed by atoms with E-state index in [1.807, 2.05) is 0 Å². The molecule has 162 valence electrons. The van der Waals surface area contributed by atoms with E-state index in [4.69, 9.17) is 39.5 Å². The average Bonchev–Trinajstić information content (AvgIpc) is 2.73. The van der Waals surface area contributed by atoms with Gasteiger partial charge in [0.2, 0.25) is 0 Å². The number of piperazine rings is 1. The molecule has 0 aromatic heterocycles. The normalized spacial score (nSPS) is 15.3. The highest BCUT2D eigenvalue weighted by Gasteiger charge is 2.32. The summed E-state index contributed by atoms with van der Waals surface area (Å²) in [5, 5.41) is -0.587. The Bertz CT molecular complexity index is 956. The van der Waals surface area contributed by atoms with Gasteiger partial charge in [-0.15, -0.1) is 0 Å². The Kier molecular flexibility index (Phi) is 6.89. The second-order valence-corrected chi connectivity index (χ2v) is 7.79. The van der Waals surface area contributed by atoms with Gasteiger partial charge in [0.15, 0.2) is 29.4 Å². The Morgan fingerprint density at radius 3 is 2.07 bits per heavy atom. The van der Waals surface area contributed by atoms with Gasteiger partial charge in [-0.25, -0.2) is 17.6 Å². The molecule has 1 saturated heterocycles. The van der Waals surface area contributed by atoms with Crippen LogP contribution < -0.4 is 9.64 Å². The maximum absolute atomic E-state index is 14.2. The van der Waals surface area contributed by atoms with Crippen LogP contribution in [0.4, 0.5) is 23.2 Å². The van der Waals surface area contributed by atoms with Crippen LogP contribution in [0.15, 0.2) is 18.2 Å². The van der Waals surface area contributed by atoms with Crippen LogP contribution in [0.5, 0.6) is 5.75 Å². The van der Waals surface area contributed by atoms with Crippen LogP contribution >= 0.6 is 34.8 Å². The van der Waals surface area contributed by atoms with E-state index in [0.717, 1.165) is 4.90 Å². The van der Waals surface area contributed by atoms with E-state index < -0.39 is 40.1 Å². The van der Waals surface area contributed by atoms with Gasteiger partial charge in [-0.05, 0) is 25.1 Å². The Balaban J connectivity index is 1.68. The van der Waals surface area contributed by atoms with Crippen molar-refractivity contribution in [3.63, 3.8) is 0 Å². The van der Waals surface area contributed by atoms with Crippen molar-refractivity contribution < 1.29 is 27.1 Å². The van der Waals surface area contributed by atoms with Gasteiger partial charge in [-0.3, -0.25) is 4.79 Å². The smallest absolute Gasteiger partial charge is 0.263 e. The quantitative estimate of drug-likeness (QED) is 0.334. The maximum atomic E-state index is 14.2. The fourth-order valence-corrected chi connectivity index (χ4v) is 3.71. The fraction of sp³-hybridized carbons (Fsp3) is 0.316. The van der Waals surface area contributed by atoms with Crippen LogP contribution in [0.2, 0.25) is 15.1 Å². The molecule has 0 N–H and O–H groups in total. The lowest BCUT2D eigenvalue weighted by Gasteiger charge is -2.37. The van der Waals surface area contributed by atoms with Crippen molar-refractivity contribution in [1.82, 2.24) is 4.90 Å². The zero-order valence-electron chi connectivity index (χ0n) is 15.5. The molecule has 1 atom stereocenters. The van der Waals surface area contributed by atoms with Gasteiger partial charge in [-0.1, -0.05) is 34.8 Å². The highest BCUT2D eigenvalue weighted by molar-refractivity contribution is 6.35. The predicted molar refractivity (Wildman–Crippen MR) is 107 cm³/mol. The molecular formula is C19H15Cl3F4N2O2. The summed E-state index contributed by atoms with van der Waals surface area (Å²) >= 11 is 17.1. The molecule has 0 radical (unpaired) electrons. The zero-order valence-corrected chi connectivity index (χ0v) is 17.8. The van der Waals surface area contributed by atoms with Gasteiger partial charge < -0.3 is 14.5 Å². The Morgan fingerprint density at radius 2 is 1.53 bits per heavy atom. The first-order chi connectivity index (χ1) is 14.1. The highest BCUT2D eigenvalue weighted by Crippen LogP contribution is 2.34. The molecule has 0 spiro atoms. The molecule has 1 aliphatic rings. The standard InChI is InChI=1S/C19H15Cl3F4N2O2/c1-9(30-12-3-2-10(20)8-11(12)21)19(29)28-6-4-27(5-7-28)18-16(25)14(23)13(22)15(24)17(18)26/h2-3,8-9H,4-7H2,1H3/t9-/m1/s1. The number of carbonyl (C=O) groups is 1. The third kappa shape index (κ3) is 4.40. The summed E-state index contributed by atoms with van der Waals surface area (Å²) in [4.78, 5) is 15.2. The van der Waals surface area contributed by atoms with E-state index in [0.29, 0.717) is 5.02 Å². The van der Waals surface area contributed by atoms with Gasteiger partial charge in [0.25, 0.3) is 5.91 Å². The summed E-state index contributed by atoms with van der Waals surface area (Å²) in [6.45, 7) is 1.56.